The summed E-state index contributed by atoms with van der Waals surface area (Å²) in [7, 11) is 0. The van der Waals surface area contributed by atoms with Gasteiger partial charge in [0.05, 0.1) is 5.69 Å². The number of benzene rings is 9. The Hall–Kier alpha value is -7.16. The van der Waals surface area contributed by atoms with Crippen molar-refractivity contribution >= 4 is 39.2 Å². The summed E-state index contributed by atoms with van der Waals surface area (Å²) in [6.45, 7) is 10.6. The fourth-order valence-electron chi connectivity index (χ4n) is 10.5. The van der Waals surface area contributed by atoms with E-state index in [0.717, 1.165) is 24.3 Å². The molecule has 9 aromatic carbocycles. The van der Waals surface area contributed by atoms with E-state index in [1.54, 1.807) is 0 Å². The Morgan fingerprint density at radius 2 is 0.935 bits per heavy atom. The first-order chi connectivity index (χ1) is 30.3. The predicted octanol–water partition coefficient (Wildman–Crippen LogP) is 16.0. The van der Waals surface area contributed by atoms with Crippen molar-refractivity contribution in [2.45, 2.75) is 44.9 Å². The van der Waals surface area contributed by atoms with Crippen molar-refractivity contribution in [1.82, 2.24) is 0 Å². The molecule has 0 bridgehead atoms. The molecule has 9 aromatic rings. The molecule has 2 aliphatic rings. The normalized spacial score (nSPS) is 14.5. The van der Waals surface area contributed by atoms with Crippen LogP contribution in [0.25, 0.3) is 44.2 Å². The Kier molecular flexibility index (Phi) is 9.02. The highest BCUT2D eigenvalue weighted by molar-refractivity contribution is 5.97. The van der Waals surface area contributed by atoms with Gasteiger partial charge in [-0.05, 0) is 133 Å². The first kappa shape index (κ1) is 37.8. The van der Waals surface area contributed by atoms with Gasteiger partial charge in [-0.3, -0.25) is 0 Å². The van der Waals surface area contributed by atoms with Crippen molar-refractivity contribution in [2.75, 3.05) is 16.3 Å². The van der Waals surface area contributed by atoms with Crippen LogP contribution >= 0.6 is 0 Å². The average Bonchev–Trinajstić information content (AvgIpc) is 3.77. The molecule has 1 aliphatic carbocycles. The standard InChI is InChI=1S/C60H50N2/c1-59(2)53-24-14-15-25-54(53)60(3,4)56-40-58(52(39-55(56)59)50-23-16-26-57-51(50)35-36-61(57)47-21-12-7-13-22-47)62(48-32-29-43(30-33-48)41-17-8-5-9-18-41)49-34-31-45-37-44(27-28-46(45)38-49)42-19-10-6-11-20-42/h5-34,37-40H,35-36H2,1-4H3. The van der Waals surface area contributed by atoms with Crippen LogP contribution in [0.4, 0.5) is 28.4 Å². The van der Waals surface area contributed by atoms with Gasteiger partial charge in [0.25, 0.3) is 0 Å². The third-order valence-corrected chi connectivity index (χ3v) is 13.8. The summed E-state index contributed by atoms with van der Waals surface area (Å²) in [6, 6.07) is 76.5. The molecule has 0 spiro atoms. The average molecular weight is 799 g/mol. The number of fused-ring (bicyclic) bond motifs is 4. The zero-order valence-corrected chi connectivity index (χ0v) is 35.9. The van der Waals surface area contributed by atoms with Gasteiger partial charge < -0.3 is 9.80 Å². The third kappa shape index (κ3) is 6.24. The molecule has 0 saturated heterocycles. The minimum Gasteiger partial charge on any atom is -0.341 e. The van der Waals surface area contributed by atoms with Crippen LogP contribution in [0.1, 0.15) is 55.5 Å². The number of nitrogens with zero attached hydrogens (tertiary/aromatic N) is 2. The zero-order chi connectivity index (χ0) is 42.0. The minimum absolute atomic E-state index is 0.204. The SMILES string of the molecule is CC1(C)c2ccccc2C(C)(C)c2cc(N(c3ccc(-c4ccccc4)cc3)c3ccc4cc(-c5ccccc5)ccc4c3)c(-c3cccc4c3CCN4c3ccccc3)cc21. The summed E-state index contributed by atoms with van der Waals surface area (Å²) in [5, 5.41) is 2.43. The lowest BCUT2D eigenvalue weighted by Gasteiger charge is -2.45. The smallest absolute Gasteiger partial charge is 0.0543 e. The fourth-order valence-corrected chi connectivity index (χ4v) is 10.5. The maximum Gasteiger partial charge on any atom is 0.0543 e. The molecule has 0 amide bonds. The van der Waals surface area contributed by atoms with Crippen molar-refractivity contribution in [3.05, 3.63) is 234 Å². The Morgan fingerprint density at radius 3 is 1.61 bits per heavy atom. The van der Waals surface area contributed by atoms with Crippen molar-refractivity contribution in [2.24, 2.45) is 0 Å². The van der Waals surface area contributed by atoms with Gasteiger partial charge in [0, 0.05) is 45.7 Å². The summed E-state index contributed by atoms with van der Waals surface area (Å²) in [5.74, 6) is 0. The number of anilines is 5. The predicted molar refractivity (Wildman–Crippen MR) is 263 cm³/mol. The minimum atomic E-state index is -0.225. The second kappa shape index (κ2) is 14.8. The molecular weight excluding hydrogens is 749 g/mol. The summed E-state index contributed by atoms with van der Waals surface area (Å²) in [5.41, 5.74) is 19.9. The molecule has 0 N–H and O–H groups in total. The quantitative estimate of drug-likeness (QED) is 0.158. The van der Waals surface area contributed by atoms with Gasteiger partial charge in [-0.15, -0.1) is 0 Å². The van der Waals surface area contributed by atoms with E-state index in [1.807, 2.05) is 0 Å². The van der Waals surface area contributed by atoms with Crippen LogP contribution in [-0.4, -0.2) is 6.54 Å². The first-order valence-corrected chi connectivity index (χ1v) is 22.0. The van der Waals surface area contributed by atoms with Gasteiger partial charge in [-0.25, -0.2) is 0 Å². The van der Waals surface area contributed by atoms with Crippen LogP contribution in [0, 0.1) is 0 Å². The van der Waals surface area contributed by atoms with Crippen LogP contribution < -0.4 is 9.80 Å². The van der Waals surface area contributed by atoms with E-state index >= 15 is 0 Å². The molecular formula is C60H50N2. The second-order valence-corrected chi connectivity index (χ2v) is 18.1. The molecule has 0 radical (unpaired) electrons. The number of para-hydroxylation sites is 1. The van der Waals surface area contributed by atoms with Gasteiger partial charge in [0.1, 0.15) is 0 Å². The lowest BCUT2D eigenvalue weighted by molar-refractivity contribution is 0.521. The molecule has 0 saturated carbocycles. The monoisotopic (exact) mass is 798 g/mol. The molecule has 0 fully saturated rings. The van der Waals surface area contributed by atoms with Crippen molar-refractivity contribution in [3.63, 3.8) is 0 Å². The summed E-state index contributed by atoms with van der Waals surface area (Å²) in [6.07, 6.45) is 0.972. The molecule has 0 aromatic heterocycles. The lowest BCUT2D eigenvalue weighted by Crippen LogP contribution is -2.36. The van der Waals surface area contributed by atoms with E-state index in [-0.39, 0.29) is 10.8 Å². The molecule has 62 heavy (non-hydrogen) atoms. The summed E-state index contributed by atoms with van der Waals surface area (Å²) >= 11 is 0. The molecule has 300 valence electrons. The van der Waals surface area contributed by atoms with Crippen molar-refractivity contribution < 1.29 is 0 Å². The zero-order valence-electron chi connectivity index (χ0n) is 35.9. The van der Waals surface area contributed by atoms with Crippen LogP contribution in [0.5, 0.6) is 0 Å². The number of hydrogen-bond donors (Lipinski definition) is 0. The Bertz CT molecular complexity index is 3110. The second-order valence-electron chi connectivity index (χ2n) is 18.1. The van der Waals surface area contributed by atoms with Crippen LogP contribution in [-0.2, 0) is 17.3 Å². The van der Waals surface area contributed by atoms with E-state index in [2.05, 4.69) is 244 Å². The van der Waals surface area contributed by atoms with Crippen molar-refractivity contribution in [1.29, 1.82) is 0 Å². The van der Waals surface area contributed by atoms with Crippen LogP contribution in [0.15, 0.2) is 206 Å². The van der Waals surface area contributed by atoms with Gasteiger partial charge in [-0.1, -0.05) is 173 Å². The van der Waals surface area contributed by atoms with E-state index in [9.17, 15) is 0 Å². The first-order valence-electron chi connectivity index (χ1n) is 22.0. The molecule has 0 atom stereocenters. The maximum absolute atomic E-state index is 2.57. The van der Waals surface area contributed by atoms with Gasteiger partial charge in [0.2, 0.25) is 0 Å². The van der Waals surface area contributed by atoms with Gasteiger partial charge in [-0.2, -0.15) is 0 Å². The largest absolute Gasteiger partial charge is 0.341 e. The van der Waals surface area contributed by atoms with Crippen LogP contribution in [0.3, 0.4) is 0 Å². The van der Waals surface area contributed by atoms with Gasteiger partial charge >= 0.3 is 0 Å². The number of hydrogen-bond acceptors (Lipinski definition) is 2. The molecule has 11 rings (SSSR count). The Labute approximate surface area is 366 Å². The van der Waals surface area contributed by atoms with Crippen LogP contribution in [0.2, 0.25) is 0 Å². The Morgan fingerprint density at radius 1 is 0.403 bits per heavy atom. The molecule has 0 unspecified atom stereocenters. The maximum atomic E-state index is 2.57. The highest BCUT2D eigenvalue weighted by Gasteiger charge is 2.43. The lowest BCUT2D eigenvalue weighted by atomic mass is 9.59. The molecule has 2 heteroatoms. The van der Waals surface area contributed by atoms with E-state index in [0.29, 0.717) is 0 Å². The highest BCUT2D eigenvalue weighted by Crippen LogP contribution is 2.55. The summed E-state index contributed by atoms with van der Waals surface area (Å²) < 4.78 is 0. The molecule has 2 nitrogen and oxygen atoms in total. The molecule has 1 heterocycles. The van der Waals surface area contributed by atoms with Gasteiger partial charge in [0.15, 0.2) is 0 Å². The Balaban J connectivity index is 1.17. The highest BCUT2D eigenvalue weighted by atomic mass is 15.2. The summed E-state index contributed by atoms with van der Waals surface area (Å²) in [4.78, 5) is 5.02. The number of rotatable bonds is 7. The topological polar surface area (TPSA) is 6.48 Å². The van der Waals surface area contributed by atoms with Crippen molar-refractivity contribution in [3.8, 4) is 33.4 Å². The van der Waals surface area contributed by atoms with E-state index in [4.69, 9.17) is 0 Å². The van der Waals surface area contributed by atoms with E-state index < -0.39 is 0 Å². The molecule has 1 aliphatic heterocycles. The van der Waals surface area contributed by atoms with E-state index in [1.165, 1.54) is 89.0 Å². The fraction of sp³-hybridized carbons (Fsp3) is 0.133. The third-order valence-electron chi connectivity index (χ3n) is 13.8.